The van der Waals surface area contributed by atoms with E-state index >= 15 is 0 Å². The van der Waals surface area contributed by atoms with Gasteiger partial charge in [0.15, 0.2) is 0 Å². The van der Waals surface area contributed by atoms with Crippen molar-refractivity contribution in [3.8, 4) is 5.75 Å². The maximum atomic E-state index is 12.8. The molecule has 1 aliphatic rings. The van der Waals surface area contributed by atoms with Crippen molar-refractivity contribution >= 4 is 23.4 Å². The van der Waals surface area contributed by atoms with Gasteiger partial charge in [0.05, 0.1) is 0 Å². The standard InChI is InChI=1S/C26H28N2O2S/c1-20-23(18-28-14-16-31-17-15-28)8-5-9-25(20)27-26(29)22-10-12-24(13-11-22)30-19-21-6-3-2-4-7-21/h2-13H,14-19H2,1H3,(H,27,29). The number of anilines is 1. The second-order valence-corrected chi connectivity index (χ2v) is 8.96. The molecule has 4 rings (SSSR count). The third-order valence-corrected chi connectivity index (χ3v) is 6.50. The lowest BCUT2D eigenvalue weighted by Gasteiger charge is -2.27. The quantitative estimate of drug-likeness (QED) is 0.545. The number of hydrogen-bond acceptors (Lipinski definition) is 4. The highest BCUT2D eigenvalue weighted by atomic mass is 32.2. The molecule has 4 nitrogen and oxygen atoms in total. The summed E-state index contributed by atoms with van der Waals surface area (Å²) in [5.74, 6) is 3.03. The van der Waals surface area contributed by atoms with E-state index in [-0.39, 0.29) is 5.91 Å². The zero-order chi connectivity index (χ0) is 21.5. The molecule has 0 radical (unpaired) electrons. The fraction of sp³-hybridized carbons (Fsp3) is 0.269. The molecule has 31 heavy (non-hydrogen) atoms. The first-order valence-electron chi connectivity index (χ1n) is 10.7. The molecule has 1 aliphatic heterocycles. The van der Waals surface area contributed by atoms with Crippen molar-refractivity contribution in [2.24, 2.45) is 0 Å². The molecule has 0 spiro atoms. The fourth-order valence-corrected chi connectivity index (χ4v) is 4.61. The summed E-state index contributed by atoms with van der Waals surface area (Å²) in [4.78, 5) is 15.3. The van der Waals surface area contributed by atoms with Crippen LogP contribution >= 0.6 is 11.8 Å². The number of hydrogen-bond donors (Lipinski definition) is 1. The Morgan fingerprint density at radius 2 is 1.71 bits per heavy atom. The minimum atomic E-state index is -0.107. The predicted octanol–water partition coefficient (Wildman–Crippen LogP) is 5.38. The van der Waals surface area contributed by atoms with Crippen molar-refractivity contribution in [3.05, 3.63) is 95.1 Å². The molecule has 3 aromatic rings. The Labute approximate surface area is 188 Å². The van der Waals surface area contributed by atoms with Crippen LogP contribution in [-0.2, 0) is 13.2 Å². The van der Waals surface area contributed by atoms with E-state index in [9.17, 15) is 4.79 Å². The van der Waals surface area contributed by atoms with Gasteiger partial charge in [-0.05, 0) is 53.9 Å². The van der Waals surface area contributed by atoms with Gasteiger partial charge in [0.2, 0.25) is 0 Å². The van der Waals surface area contributed by atoms with Gasteiger partial charge in [-0.2, -0.15) is 11.8 Å². The lowest BCUT2D eigenvalue weighted by Crippen LogP contribution is -2.32. The molecule has 0 unspecified atom stereocenters. The summed E-state index contributed by atoms with van der Waals surface area (Å²) in [5, 5.41) is 3.08. The minimum Gasteiger partial charge on any atom is -0.489 e. The smallest absolute Gasteiger partial charge is 0.255 e. The van der Waals surface area contributed by atoms with Gasteiger partial charge < -0.3 is 10.1 Å². The van der Waals surface area contributed by atoms with Crippen LogP contribution in [0.15, 0.2) is 72.8 Å². The molecule has 1 N–H and O–H groups in total. The van der Waals surface area contributed by atoms with Crippen LogP contribution in [0.25, 0.3) is 0 Å². The molecule has 0 bridgehead atoms. The van der Waals surface area contributed by atoms with Crippen LogP contribution in [0, 0.1) is 6.92 Å². The molecule has 1 heterocycles. The lowest BCUT2D eigenvalue weighted by molar-refractivity contribution is 0.102. The van der Waals surface area contributed by atoms with E-state index in [0.717, 1.165) is 42.2 Å². The first-order valence-corrected chi connectivity index (χ1v) is 11.8. The molecule has 160 valence electrons. The van der Waals surface area contributed by atoms with Crippen molar-refractivity contribution in [1.29, 1.82) is 0 Å². The molecule has 1 amide bonds. The van der Waals surface area contributed by atoms with E-state index in [1.54, 1.807) is 12.1 Å². The van der Waals surface area contributed by atoms with Gasteiger partial charge in [-0.3, -0.25) is 9.69 Å². The number of carbonyl (C=O) groups is 1. The third-order valence-electron chi connectivity index (χ3n) is 5.56. The van der Waals surface area contributed by atoms with Gasteiger partial charge in [-0.15, -0.1) is 0 Å². The zero-order valence-corrected chi connectivity index (χ0v) is 18.7. The van der Waals surface area contributed by atoms with Crippen LogP contribution in [-0.4, -0.2) is 35.4 Å². The fourth-order valence-electron chi connectivity index (χ4n) is 3.63. The average Bonchev–Trinajstić information content (AvgIpc) is 2.82. The molecule has 0 aliphatic carbocycles. The lowest BCUT2D eigenvalue weighted by atomic mass is 10.1. The topological polar surface area (TPSA) is 41.6 Å². The van der Waals surface area contributed by atoms with Crippen LogP contribution in [0.3, 0.4) is 0 Å². The summed E-state index contributed by atoms with van der Waals surface area (Å²) in [7, 11) is 0. The number of nitrogens with one attached hydrogen (secondary N) is 1. The third kappa shape index (κ3) is 5.90. The second-order valence-electron chi connectivity index (χ2n) is 7.73. The molecule has 5 heteroatoms. The van der Waals surface area contributed by atoms with Gasteiger partial charge in [0.25, 0.3) is 5.91 Å². The number of nitrogens with zero attached hydrogens (tertiary/aromatic N) is 1. The summed E-state index contributed by atoms with van der Waals surface area (Å²) in [6, 6.07) is 23.5. The summed E-state index contributed by atoms with van der Waals surface area (Å²) >= 11 is 2.02. The van der Waals surface area contributed by atoms with Crippen molar-refractivity contribution in [1.82, 2.24) is 4.90 Å². The summed E-state index contributed by atoms with van der Waals surface area (Å²) in [6.45, 7) is 5.78. The Bertz CT molecular complexity index is 1000. The van der Waals surface area contributed by atoms with Crippen molar-refractivity contribution in [3.63, 3.8) is 0 Å². The number of thioether (sulfide) groups is 1. The average molecular weight is 433 g/mol. The molecule has 0 atom stereocenters. The summed E-state index contributed by atoms with van der Waals surface area (Å²) in [5.41, 5.74) is 5.01. The molecule has 3 aromatic carbocycles. The van der Waals surface area contributed by atoms with Crippen molar-refractivity contribution in [2.75, 3.05) is 29.9 Å². The highest BCUT2D eigenvalue weighted by Crippen LogP contribution is 2.23. The van der Waals surface area contributed by atoms with E-state index < -0.39 is 0 Å². The van der Waals surface area contributed by atoms with Crippen LogP contribution in [0.5, 0.6) is 5.75 Å². The summed E-state index contributed by atoms with van der Waals surface area (Å²) in [6.07, 6.45) is 0. The van der Waals surface area contributed by atoms with Crippen molar-refractivity contribution < 1.29 is 9.53 Å². The Morgan fingerprint density at radius 3 is 2.45 bits per heavy atom. The van der Waals surface area contributed by atoms with Gasteiger partial charge in [0.1, 0.15) is 12.4 Å². The zero-order valence-electron chi connectivity index (χ0n) is 17.8. The van der Waals surface area contributed by atoms with E-state index in [4.69, 9.17) is 4.74 Å². The van der Waals surface area contributed by atoms with Gasteiger partial charge in [-0.1, -0.05) is 42.5 Å². The van der Waals surface area contributed by atoms with Crippen LogP contribution in [0.2, 0.25) is 0 Å². The monoisotopic (exact) mass is 432 g/mol. The molecular formula is C26H28N2O2S. The van der Waals surface area contributed by atoms with Gasteiger partial charge >= 0.3 is 0 Å². The Balaban J connectivity index is 1.37. The predicted molar refractivity (Wildman–Crippen MR) is 129 cm³/mol. The number of benzene rings is 3. The van der Waals surface area contributed by atoms with E-state index in [2.05, 4.69) is 23.2 Å². The Hall–Kier alpha value is -2.76. The van der Waals surface area contributed by atoms with Crippen LogP contribution < -0.4 is 10.1 Å². The molecule has 1 saturated heterocycles. The van der Waals surface area contributed by atoms with E-state index in [1.807, 2.05) is 66.4 Å². The minimum absolute atomic E-state index is 0.107. The van der Waals surface area contributed by atoms with Gasteiger partial charge in [0, 0.05) is 42.4 Å². The van der Waals surface area contributed by atoms with Gasteiger partial charge in [-0.25, -0.2) is 0 Å². The largest absolute Gasteiger partial charge is 0.489 e. The van der Waals surface area contributed by atoms with Crippen LogP contribution in [0.1, 0.15) is 27.0 Å². The maximum absolute atomic E-state index is 12.8. The highest BCUT2D eigenvalue weighted by Gasteiger charge is 2.14. The molecule has 0 saturated carbocycles. The van der Waals surface area contributed by atoms with E-state index in [1.165, 1.54) is 17.1 Å². The normalized spacial score (nSPS) is 14.2. The maximum Gasteiger partial charge on any atom is 0.255 e. The first kappa shape index (κ1) is 21.5. The number of ether oxygens (including phenoxy) is 1. The number of carbonyl (C=O) groups excluding carboxylic acids is 1. The Morgan fingerprint density at radius 1 is 0.968 bits per heavy atom. The SMILES string of the molecule is Cc1c(CN2CCSCC2)cccc1NC(=O)c1ccc(OCc2ccccc2)cc1. The molecule has 0 aromatic heterocycles. The number of rotatable bonds is 7. The second kappa shape index (κ2) is 10.5. The highest BCUT2D eigenvalue weighted by molar-refractivity contribution is 7.99. The van der Waals surface area contributed by atoms with Crippen molar-refractivity contribution in [2.45, 2.75) is 20.1 Å². The molecule has 1 fully saturated rings. The van der Waals surface area contributed by atoms with E-state index in [0.29, 0.717) is 12.2 Å². The number of amides is 1. The first-order chi connectivity index (χ1) is 15.2. The van der Waals surface area contributed by atoms with Crippen LogP contribution in [0.4, 0.5) is 5.69 Å². The molecular weight excluding hydrogens is 404 g/mol. The Kier molecular flexibility index (Phi) is 7.28. The summed E-state index contributed by atoms with van der Waals surface area (Å²) < 4.78 is 5.81.